The number of aliphatic hydroxyl groups is 1. The number of hydrogen-bond acceptors (Lipinski definition) is 3. The van der Waals surface area contributed by atoms with E-state index in [-0.39, 0.29) is 0 Å². The van der Waals surface area contributed by atoms with Gasteiger partial charge in [0.15, 0.2) is 0 Å². The van der Waals surface area contributed by atoms with Gasteiger partial charge < -0.3 is 9.84 Å². The molecule has 0 spiro atoms. The van der Waals surface area contributed by atoms with Gasteiger partial charge in [0.2, 0.25) is 0 Å². The number of ether oxygens (including phenoxy) is 1. The van der Waals surface area contributed by atoms with Crippen LogP contribution in [-0.4, -0.2) is 30.7 Å². The lowest BCUT2D eigenvalue weighted by Crippen LogP contribution is -2.24. The van der Waals surface area contributed by atoms with E-state index in [1.54, 1.807) is 7.11 Å². The van der Waals surface area contributed by atoms with Crippen LogP contribution in [-0.2, 0) is 6.54 Å². The fourth-order valence-corrected chi connectivity index (χ4v) is 2.34. The van der Waals surface area contributed by atoms with E-state index in [2.05, 4.69) is 4.90 Å². The lowest BCUT2D eigenvalue weighted by molar-refractivity contribution is 0.123. The molecule has 0 fully saturated rings. The lowest BCUT2D eigenvalue weighted by atomic mass is 10.1. The first kappa shape index (κ1) is 15.8. The van der Waals surface area contributed by atoms with Crippen LogP contribution in [0.25, 0.3) is 0 Å². The number of methoxy groups -OCH3 is 1. The van der Waals surface area contributed by atoms with Gasteiger partial charge in [-0.05, 0) is 42.4 Å². The molecule has 2 rings (SSSR count). The van der Waals surface area contributed by atoms with Crippen molar-refractivity contribution in [3.8, 4) is 5.75 Å². The van der Waals surface area contributed by atoms with Gasteiger partial charge in [0, 0.05) is 18.1 Å². The molecule has 0 aromatic heterocycles. The molecule has 2 aromatic carbocycles. The van der Waals surface area contributed by atoms with Gasteiger partial charge in [-0.15, -0.1) is 0 Å². The maximum Gasteiger partial charge on any atom is 0.119 e. The van der Waals surface area contributed by atoms with Crippen molar-refractivity contribution < 1.29 is 9.84 Å². The summed E-state index contributed by atoms with van der Waals surface area (Å²) in [5.74, 6) is 0.756. The monoisotopic (exact) mass is 305 g/mol. The predicted octanol–water partition coefficient (Wildman–Crippen LogP) is 3.51. The largest absolute Gasteiger partial charge is 0.497 e. The number of likely N-dealkylation sites (N-methyl/N-ethyl adjacent to an activating group) is 1. The molecule has 4 heteroatoms. The Hall–Kier alpha value is -1.55. The van der Waals surface area contributed by atoms with E-state index in [0.717, 1.165) is 22.9 Å². The van der Waals surface area contributed by atoms with Crippen LogP contribution in [0.15, 0.2) is 48.5 Å². The Labute approximate surface area is 130 Å². The molecular weight excluding hydrogens is 286 g/mol. The van der Waals surface area contributed by atoms with Crippen molar-refractivity contribution in [2.24, 2.45) is 0 Å². The van der Waals surface area contributed by atoms with Crippen LogP contribution < -0.4 is 4.74 Å². The van der Waals surface area contributed by atoms with Crippen LogP contribution in [0.4, 0.5) is 0 Å². The third-order valence-electron chi connectivity index (χ3n) is 3.33. The molecule has 0 heterocycles. The van der Waals surface area contributed by atoms with E-state index in [1.165, 1.54) is 5.56 Å². The molecular formula is C17H20ClNO2. The number of nitrogens with zero attached hydrogens (tertiary/aromatic N) is 1. The zero-order valence-corrected chi connectivity index (χ0v) is 13.0. The molecule has 3 nitrogen and oxygen atoms in total. The minimum Gasteiger partial charge on any atom is -0.497 e. The van der Waals surface area contributed by atoms with Crippen molar-refractivity contribution in [1.29, 1.82) is 0 Å². The lowest BCUT2D eigenvalue weighted by Gasteiger charge is -2.21. The Morgan fingerprint density at radius 2 is 1.90 bits per heavy atom. The Morgan fingerprint density at radius 3 is 2.57 bits per heavy atom. The van der Waals surface area contributed by atoms with E-state index < -0.39 is 6.10 Å². The highest BCUT2D eigenvalue weighted by Crippen LogP contribution is 2.20. The Balaban J connectivity index is 1.94. The smallest absolute Gasteiger partial charge is 0.119 e. The van der Waals surface area contributed by atoms with Crippen molar-refractivity contribution in [2.45, 2.75) is 12.6 Å². The zero-order chi connectivity index (χ0) is 15.2. The van der Waals surface area contributed by atoms with E-state index >= 15 is 0 Å². The van der Waals surface area contributed by atoms with Gasteiger partial charge in [-0.1, -0.05) is 35.9 Å². The van der Waals surface area contributed by atoms with Crippen molar-refractivity contribution in [3.05, 3.63) is 64.7 Å². The second kappa shape index (κ2) is 7.46. The summed E-state index contributed by atoms with van der Waals surface area (Å²) in [7, 11) is 3.61. The van der Waals surface area contributed by atoms with Gasteiger partial charge in [-0.3, -0.25) is 4.90 Å². The molecule has 0 amide bonds. The molecule has 1 atom stereocenters. The van der Waals surface area contributed by atoms with Crippen LogP contribution in [0, 0.1) is 0 Å². The highest BCUT2D eigenvalue weighted by Gasteiger charge is 2.11. The summed E-state index contributed by atoms with van der Waals surface area (Å²) < 4.78 is 5.18. The number of halogens is 1. The molecule has 0 saturated heterocycles. The van der Waals surface area contributed by atoms with Crippen molar-refractivity contribution in [3.63, 3.8) is 0 Å². The van der Waals surface area contributed by atoms with Crippen molar-refractivity contribution in [1.82, 2.24) is 4.90 Å². The van der Waals surface area contributed by atoms with Crippen molar-refractivity contribution >= 4 is 11.6 Å². The molecule has 0 bridgehead atoms. The van der Waals surface area contributed by atoms with Crippen LogP contribution in [0.2, 0.25) is 5.02 Å². The molecule has 0 aliphatic carbocycles. The summed E-state index contributed by atoms with van der Waals surface area (Å²) in [6.45, 7) is 1.31. The quantitative estimate of drug-likeness (QED) is 0.886. The molecule has 0 aliphatic heterocycles. The fourth-order valence-electron chi connectivity index (χ4n) is 2.22. The number of hydrogen-bond donors (Lipinski definition) is 1. The summed E-state index contributed by atoms with van der Waals surface area (Å²) in [6, 6.07) is 15.3. The average Bonchev–Trinajstić information content (AvgIpc) is 2.49. The SMILES string of the molecule is COc1cccc(C(O)CN(C)Cc2ccc(Cl)cc2)c1. The van der Waals surface area contributed by atoms with Gasteiger partial charge in [0.1, 0.15) is 5.75 Å². The van der Waals surface area contributed by atoms with E-state index in [9.17, 15) is 5.11 Å². The highest BCUT2D eigenvalue weighted by molar-refractivity contribution is 6.30. The predicted molar refractivity (Wildman–Crippen MR) is 85.7 cm³/mol. The van der Waals surface area contributed by atoms with Crippen LogP contribution in [0.1, 0.15) is 17.2 Å². The first-order valence-electron chi connectivity index (χ1n) is 6.83. The fraction of sp³-hybridized carbons (Fsp3) is 0.294. The highest BCUT2D eigenvalue weighted by atomic mass is 35.5. The summed E-state index contributed by atoms with van der Waals surface area (Å²) >= 11 is 5.88. The summed E-state index contributed by atoms with van der Waals surface area (Å²) in [5, 5.41) is 11.0. The van der Waals surface area contributed by atoms with E-state index in [1.807, 2.05) is 55.6 Å². The Morgan fingerprint density at radius 1 is 1.19 bits per heavy atom. The van der Waals surface area contributed by atoms with Gasteiger partial charge in [-0.2, -0.15) is 0 Å². The Bertz CT molecular complexity index is 571. The maximum atomic E-state index is 10.3. The topological polar surface area (TPSA) is 32.7 Å². The van der Waals surface area contributed by atoms with Crippen LogP contribution >= 0.6 is 11.6 Å². The third kappa shape index (κ3) is 4.74. The summed E-state index contributed by atoms with van der Waals surface area (Å²) in [4.78, 5) is 2.08. The molecule has 0 radical (unpaired) electrons. The molecule has 21 heavy (non-hydrogen) atoms. The molecule has 0 aliphatic rings. The normalized spacial score (nSPS) is 12.4. The van der Waals surface area contributed by atoms with Gasteiger partial charge in [0.25, 0.3) is 0 Å². The van der Waals surface area contributed by atoms with Gasteiger partial charge in [-0.25, -0.2) is 0 Å². The molecule has 1 unspecified atom stereocenters. The number of benzene rings is 2. The number of rotatable bonds is 6. The third-order valence-corrected chi connectivity index (χ3v) is 3.58. The second-order valence-corrected chi connectivity index (χ2v) is 5.55. The maximum absolute atomic E-state index is 10.3. The second-order valence-electron chi connectivity index (χ2n) is 5.12. The minimum atomic E-state index is -0.544. The molecule has 1 N–H and O–H groups in total. The average molecular weight is 306 g/mol. The van der Waals surface area contributed by atoms with Crippen LogP contribution in [0.5, 0.6) is 5.75 Å². The van der Waals surface area contributed by atoms with E-state index in [0.29, 0.717) is 6.54 Å². The Kier molecular flexibility index (Phi) is 5.62. The molecule has 2 aromatic rings. The summed E-state index contributed by atoms with van der Waals surface area (Å²) in [6.07, 6.45) is -0.544. The van der Waals surface area contributed by atoms with E-state index in [4.69, 9.17) is 16.3 Å². The van der Waals surface area contributed by atoms with Crippen LogP contribution in [0.3, 0.4) is 0 Å². The minimum absolute atomic E-state index is 0.544. The van der Waals surface area contributed by atoms with Crippen molar-refractivity contribution in [2.75, 3.05) is 20.7 Å². The standard InChI is InChI=1S/C17H20ClNO2/c1-19(11-13-6-8-15(18)9-7-13)12-17(20)14-4-3-5-16(10-14)21-2/h3-10,17,20H,11-12H2,1-2H3. The molecule has 0 saturated carbocycles. The van der Waals surface area contributed by atoms with Gasteiger partial charge in [0.05, 0.1) is 13.2 Å². The molecule has 112 valence electrons. The first-order chi connectivity index (χ1) is 10.1. The number of aliphatic hydroxyl groups excluding tert-OH is 1. The summed E-state index contributed by atoms with van der Waals surface area (Å²) in [5.41, 5.74) is 2.03. The zero-order valence-electron chi connectivity index (χ0n) is 12.3. The first-order valence-corrected chi connectivity index (χ1v) is 7.21. The van der Waals surface area contributed by atoms with Gasteiger partial charge >= 0.3 is 0 Å².